The van der Waals surface area contributed by atoms with Crippen molar-refractivity contribution < 1.29 is 4.43 Å². The molecule has 0 fully saturated rings. The van der Waals surface area contributed by atoms with Crippen LogP contribution in [0.3, 0.4) is 0 Å². The first-order valence-corrected chi connectivity index (χ1v) is 9.50. The van der Waals surface area contributed by atoms with E-state index in [2.05, 4.69) is 39.8 Å². The Hall–Kier alpha value is -0.523. The zero-order valence-corrected chi connectivity index (χ0v) is 13.0. The highest BCUT2D eigenvalue weighted by Crippen LogP contribution is 2.37. The minimum absolute atomic E-state index is 0.276. The second kappa shape index (κ2) is 5.41. The molecule has 96 valence electrons. The van der Waals surface area contributed by atoms with Gasteiger partial charge >= 0.3 is 0 Å². The van der Waals surface area contributed by atoms with E-state index in [1.165, 1.54) is 24.0 Å². The molecule has 0 aromatic carbocycles. The van der Waals surface area contributed by atoms with Crippen LogP contribution in [0.1, 0.15) is 46.5 Å². The van der Waals surface area contributed by atoms with Crippen LogP contribution in [0.25, 0.3) is 0 Å². The highest BCUT2D eigenvalue weighted by molar-refractivity contribution is 6.74. The Morgan fingerprint density at radius 3 is 2.35 bits per heavy atom. The monoisotopic (exact) mass is 250 g/mol. The molecule has 0 aromatic heterocycles. The van der Waals surface area contributed by atoms with Gasteiger partial charge in [0.05, 0.1) is 6.61 Å². The highest BCUT2D eigenvalue weighted by atomic mass is 28.4. The summed E-state index contributed by atoms with van der Waals surface area (Å²) in [5.74, 6) is 2.84. The van der Waals surface area contributed by atoms with Crippen molar-refractivity contribution in [2.75, 3.05) is 6.61 Å². The summed E-state index contributed by atoms with van der Waals surface area (Å²) < 4.78 is 6.25. The SMILES string of the molecule is C#CC1=C(CO[Si](C)(C)C(C)(C)C)CCCC1. The van der Waals surface area contributed by atoms with E-state index in [9.17, 15) is 0 Å². The van der Waals surface area contributed by atoms with Crippen molar-refractivity contribution in [3.05, 3.63) is 11.1 Å². The van der Waals surface area contributed by atoms with Crippen LogP contribution in [-0.4, -0.2) is 14.9 Å². The molecular formula is C15H26OSi. The molecule has 1 aliphatic carbocycles. The van der Waals surface area contributed by atoms with Gasteiger partial charge in [0, 0.05) is 5.57 Å². The molecule has 0 bridgehead atoms. The van der Waals surface area contributed by atoms with E-state index < -0.39 is 8.32 Å². The summed E-state index contributed by atoms with van der Waals surface area (Å²) in [6, 6.07) is 0. The molecule has 0 aromatic rings. The second-order valence-corrected chi connectivity index (χ2v) is 11.3. The van der Waals surface area contributed by atoms with Crippen LogP contribution in [0.15, 0.2) is 11.1 Å². The third-order valence-corrected chi connectivity index (χ3v) is 8.65. The van der Waals surface area contributed by atoms with Gasteiger partial charge in [0.1, 0.15) is 0 Å². The minimum Gasteiger partial charge on any atom is -0.413 e. The van der Waals surface area contributed by atoms with Gasteiger partial charge in [0.25, 0.3) is 0 Å². The van der Waals surface area contributed by atoms with E-state index >= 15 is 0 Å². The molecule has 0 unspecified atom stereocenters. The topological polar surface area (TPSA) is 9.23 Å². The lowest BCUT2D eigenvalue weighted by Crippen LogP contribution is -2.41. The van der Waals surface area contributed by atoms with Crippen LogP contribution < -0.4 is 0 Å². The van der Waals surface area contributed by atoms with Crippen LogP contribution in [0, 0.1) is 12.3 Å². The van der Waals surface area contributed by atoms with Crippen LogP contribution >= 0.6 is 0 Å². The van der Waals surface area contributed by atoms with Gasteiger partial charge in [-0.1, -0.05) is 26.7 Å². The molecule has 0 heterocycles. The van der Waals surface area contributed by atoms with E-state index in [0.29, 0.717) is 0 Å². The van der Waals surface area contributed by atoms with Crippen LogP contribution in [0.2, 0.25) is 18.1 Å². The predicted molar refractivity (Wildman–Crippen MR) is 77.5 cm³/mol. The van der Waals surface area contributed by atoms with Crippen LogP contribution in [0.4, 0.5) is 0 Å². The summed E-state index contributed by atoms with van der Waals surface area (Å²) in [5.41, 5.74) is 2.58. The standard InChI is InChI=1S/C15H26OSi/c1-7-13-10-8-9-11-14(13)12-16-17(5,6)15(2,3)4/h1H,8-12H2,2-6H3. The Morgan fingerprint density at radius 2 is 1.82 bits per heavy atom. The lowest BCUT2D eigenvalue weighted by molar-refractivity contribution is 0.311. The van der Waals surface area contributed by atoms with Gasteiger partial charge in [-0.25, -0.2) is 0 Å². The van der Waals surface area contributed by atoms with Gasteiger partial charge in [-0.05, 0) is 49.4 Å². The summed E-state index contributed by atoms with van der Waals surface area (Å²) in [4.78, 5) is 0. The fourth-order valence-corrected chi connectivity index (χ4v) is 2.75. The first-order valence-electron chi connectivity index (χ1n) is 6.59. The van der Waals surface area contributed by atoms with Gasteiger partial charge in [0.2, 0.25) is 0 Å². The Morgan fingerprint density at radius 1 is 1.24 bits per heavy atom. The molecule has 17 heavy (non-hydrogen) atoms. The van der Waals surface area contributed by atoms with Crippen molar-refractivity contribution in [2.24, 2.45) is 0 Å². The Balaban J connectivity index is 2.68. The normalized spacial score (nSPS) is 18.1. The third kappa shape index (κ3) is 3.72. The van der Waals surface area contributed by atoms with Crippen molar-refractivity contribution in [3.63, 3.8) is 0 Å². The van der Waals surface area contributed by atoms with Gasteiger partial charge in [-0.2, -0.15) is 0 Å². The zero-order chi connectivity index (χ0) is 13.1. The smallest absolute Gasteiger partial charge is 0.192 e. The lowest BCUT2D eigenvalue weighted by atomic mass is 9.93. The fourth-order valence-electron chi connectivity index (χ4n) is 1.79. The van der Waals surface area contributed by atoms with Crippen LogP contribution in [0.5, 0.6) is 0 Å². The zero-order valence-electron chi connectivity index (χ0n) is 12.0. The largest absolute Gasteiger partial charge is 0.413 e. The predicted octanol–water partition coefficient (Wildman–Crippen LogP) is 4.51. The maximum Gasteiger partial charge on any atom is 0.192 e. The van der Waals surface area contributed by atoms with Crippen molar-refractivity contribution in [3.8, 4) is 12.3 Å². The summed E-state index contributed by atoms with van der Waals surface area (Å²) in [6.45, 7) is 12.2. The van der Waals surface area contributed by atoms with Crippen molar-refractivity contribution in [2.45, 2.75) is 64.6 Å². The number of hydrogen-bond donors (Lipinski definition) is 0. The van der Waals surface area contributed by atoms with Crippen molar-refractivity contribution in [1.29, 1.82) is 0 Å². The maximum atomic E-state index is 6.25. The molecule has 0 radical (unpaired) electrons. The minimum atomic E-state index is -1.63. The maximum absolute atomic E-state index is 6.25. The molecule has 0 amide bonds. The molecule has 2 heteroatoms. The first kappa shape index (κ1) is 14.5. The molecule has 1 rings (SSSR count). The molecule has 0 spiro atoms. The van der Waals surface area contributed by atoms with Gasteiger partial charge in [-0.3, -0.25) is 0 Å². The number of hydrogen-bond acceptors (Lipinski definition) is 1. The molecule has 0 N–H and O–H groups in total. The quantitative estimate of drug-likeness (QED) is 0.529. The molecule has 0 atom stereocenters. The molecule has 0 saturated carbocycles. The van der Waals surface area contributed by atoms with Crippen molar-refractivity contribution >= 4 is 8.32 Å². The number of allylic oxidation sites excluding steroid dienone is 1. The molecule has 1 nitrogen and oxygen atoms in total. The molecule has 1 aliphatic rings. The second-order valence-electron chi connectivity index (χ2n) is 6.48. The summed E-state index contributed by atoms with van der Waals surface area (Å²) in [6.07, 6.45) is 10.3. The van der Waals surface area contributed by atoms with E-state index in [-0.39, 0.29) is 5.04 Å². The summed E-state index contributed by atoms with van der Waals surface area (Å²) >= 11 is 0. The van der Waals surface area contributed by atoms with E-state index in [0.717, 1.165) is 19.4 Å². The van der Waals surface area contributed by atoms with E-state index in [4.69, 9.17) is 10.8 Å². The Bertz CT molecular complexity index is 339. The van der Waals surface area contributed by atoms with Gasteiger partial charge < -0.3 is 4.43 Å². The molecular weight excluding hydrogens is 224 g/mol. The Kier molecular flexibility index (Phi) is 4.63. The van der Waals surface area contributed by atoms with Gasteiger partial charge in [0.15, 0.2) is 8.32 Å². The summed E-state index contributed by atoms with van der Waals surface area (Å²) in [7, 11) is -1.63. The average Bonchev–Trinajstić information content (AvgIpc) is 2.25. The number of terminal acetylenes is 1. The highest BCUT2D eigenvalue weighted by Gasteiger charge is 2.37. The first-order chi connectivity index (χ1) is 7.78. The summed E-state index contributed by atoms with van der Waals surface area (Å²) in [5, 5.41) is 0.276. The lowest BCUT2D eigenvalue weighted by Gasteiger charge is -2.36. The third-order valence-electron chi connectivity index (χ3n) is 4.17. The van der Waals surface area contributed by atoms with Gasteiger partial charge in [-0.15, -0.1) is 6.42 Å². The average molecular weight is 250 g/mol. The molecule has 0 saturated heterocycles. The number of rotatable bonds is 3. The fraction of sp³-hybridized carbons (Fsp3) is 0.733. The van der Waals surface area contributed by atoms with Crippen LogP contribution in [-0.2, 0) is 4.43 Å². The Labute approximate surface area is 108 Å². The van der Waals surface area contributed by atoms with Crippen molar-refractivity contribution in [1.82, 2.24) is 0 Å². The van der Waals surface area contributed by atoms with E-state index in [1.807, 2.05) is 0 Å². The van der Waals surface area contributed by atoms with E-state index in [1.54, 1.807) is 0 Å². The molecule has 0 aliphatic heterocycles.